The summed E-state index contributed by atoms with van der Waals surface area (Å²) in [4.78, 5) is 18.9. The number of amides is 1. The average molecular weight is 359 g/mol. The minimum atomic E-state index is -0.427. The maximum atomic E-state index is 12.7. The summed E-state index contributed by atoms with van der Waals surface area (Å²) in [6, 6.07) is 10.5. The summed E-state index contributed by atoms with van der Waals surface area (Å²) < 4.78 is 5.39. The zero-order valence-corrected chi connectivity index (χ0v) is 14.4. The lowest BCUT2D eigenvalue weighted by atomic mass is 10.1. The van der Waals surface area contributed by atoms with Crippen molar-refractivity contribution in [2.75, 3.05) is 26.3 Å². The first-order valence-electron chi connectivity index (χ1n) is 8.04. The molecule has 1 amide bonds. The van der Waals surface area contributed by atoms with Crippen molar-refractivity contribution in [3.63, 3.8) is 0 Å². The topological polar surface area (TPSA) is 66.8 Å². The van der Waals surface area contributed by atoms with Crippen LogP contribution in [0.5, 0.6) is 0 Å². The Hall–Kier alpha value is -2.28. The van der Waals surface area contributed by atoms with Crippen molar-refractivity contribution in [2.24, 2.45) is 5.10 Å². The maximum Gasteiger partial charge on any atom is 0.262 e. The van der Waals surface area contributed by atoms with Gasteiger partial charge in [0.15, 0.2) is 0 Å². The first kappa shape index (κ1) is 17.5. The van der Waals surface area contributed by atoms with Crippen LogP contribution in [0.2, 0.25) is 5.02 Å². The van der Waals surface area contributed by atoms with Gasteiger partial charge in [0, 0.05) is 30.5 Å². The maximum absolute atomic E-state index is 12.7. The van der Waals surface area contributed by atoms with E-state index in [1.165, 1.54) is 0 Å². The summed E-state index contributed by atoms with van der Waals surface area (Å²) in [5.74, 6) is -0.189. The zero-order valence-electron chi connectivity index (χ0n) is 13.6. The SMILES string of the molecule is O=C(N/N=C\c1cccc(Cl)c1)[C@H](c1ccncc1)N1CCOCC1. The van der Waals surface area contributed by atoms with Gasteiger partial charge in [-0.1, -0.05) is 23.7 Å². The molecule has 0 aliphatic carbocycles. The van der Waals surface area contributed by atoms with Crippen LogP contribution < -0.4 is 5.43 Å². The van der Waals surface area contributed by atoms with Crippen molar-refractivity contribution >= 4 is 23.7 Å². The standard InChI is InChI=1S/C18H19ClN4O2/c19-16-3-1-2-14(12-16)13-21-22-18(24)17(15-4-6-20-7-5-15)23-8-10-25-11-9-23/h1-7,12-13,17H,8-11H2,(H,22,24)/b21-13-/t17-/m0/s1. The third-order valence-corrected chi connectivity index (χ3v) is 4.15. The molecule has 1 N–H and O–H groups in total. The number of aromatic nitrogens is 1. The van der Waals surface area contributed by atoms with Crippen molar-refractivity contribution in [3.05, 3.63) is 64.9 Å². The van der Waals surface area contributed by atoms with Gasteiger partial charge in [-0.05, 0) is 35.4 Å². The van der Waals surface area contributed by atoms with Crippen LogP contribution in [0.3, 0.4) is 0 Å². The molecule has 0 bridgehead atoms. The first-order chi connectivity index (χ1) is 12.2. The largest absolute Gasteiger partial charge is 0.379 e. The highest BCUT2D eigenvalue weighted by Gasteiger charge is 2.28. The molecule has 1 atom stereocenters. The van der Waals surface area contributed by atoms with Crippen LogP contribution in [0, 0.1) is 0 Å². The van der Waals surface area contributed by atoms with Gasteiger partial charge in [-0.25, -0.2) is 5.43 Å². The van der Waals surface area contributed by atoms with Gasteiger partial charge in [-0.2, -0.15) is 5.10 Å². The average Bonchev–Trinajstić information content (AvgIpc) is 2.64. The fourth-order valence-electron chi connectivity index (χ4n) is 2.73. The molecule has 0 spiro atoms. The van der Waals surface area contributed by atoms with Crippen molar-refractivity contribution in [1.82, 2.24) is 15.3 Å². The Kier molecular flexibility index (Phi) is 6.11. The van der Waals surface area contributed by atoms with E-state index in [9.17, 15) is 4.79 Å². The Labute approximate surface area is 151 Å². The molecule has 2 heterocycles. The van der Waals surface area contributed by atoms with E-state index in [0.717, 1.165) is 11.1 Å². The number of hydrogen-bond donors (Lipinski definition) is 1. The lowest BCUT2D eigenvalue weighted by Crippen LogP contribution is -2.44. The summed E-state index contributed by atoms with van der Waals surface area (Å²) in [6.45, 7) is 2.61. The van der Waals surface area contributed by atoms with Crippen LogP contribution in [0.4, 0.5) is 0 Å². The van der Waals surface area contributed by atoms with Gasteiger partial charge in [-0.15, -0.1) is 0 Å². The molecule has 6 nitrogen and oxygen atoms in total. The number of morpholine rings is 1. The Morgan fingerprint density at radius 2 is 2.04 bits per heavy atom. The molecule has 3 rings (SSSR count). The van der Waals surface area contributed by atoms with E-state index < -0.39 is 6.04 Å². The number of rotatable bonds is 5. The predicted octanol–water partition coefficient (Wildman–Crippen LogP) is 2.26. The highest BCUT2D eigenvalue weighted by Crippen LogP contribution is 2.21. The van der Waals surface area contributed by atoms with Gasteiger partial charge in [0.05, 0.1) is 19.4 Å². The number of hydrogen-bond acceptors (Lipinski definition) is 5. The number of ether oxygens (including phenoxy) is 1. The summed E-state index contributed by atoms with van der Waals surface area (Å²) in [6.07, 6.45) is 4.95. The van der Waals surface area contributed by atoms with Crippen molar-refractivity contribution < 1.29 is 9.53 Å². The van der Waals surface area contributed by atoms with Crippen LogP contribution >= 0.6 is 11.6 Å². The number of halogens is 1. The molecule has 25 heavy (non-hydrogen) atoms. The van der Waals surface area contributed by atoms with Gasteiger partial charge in [0.1, 0.15) is 6.04 Å². The third kappa shape index (κ3) is 4.85. The van der Waals surface area contributed by atoms with E-state index in [0.29, 0.717) is 31.3 Å². The van der Waals surface area contributed by atoms with Gasteiger partial charge in [-0.3, -0.25) is 14.7 Å². The number of pyridine rings is 1. The van der Waals surface area contributed by atoms with Crippen LogP contribution in [-0.2, 0) is 9.53 Å². The molecular weight excluding hydrogens is 340 g/mol. The molecule has 1 aliphatic rings. The molecule has 130 valence electrons. The number of hydrazone groups is 1. The summed E-state index contributed by atoms with van der Waals surface area (Å²) >= 11 is 5.94. The van der Waals surface area contributed by atoms with Crippen LogP contribution in [-0.4, -0.2) is 48.3 Å². The molecule has 2 aromatic rings. The smallest absolute Gasteiger partial charge is 0.262 e. The number of benzene rings is 1. The second-order valence-corrected chi connectivity index (χ2v) is 6.06. The van der Waals surface area contributed by atoms with Gasteiger partial charge in [0.25, 0.3) is 5.91 Å². The Balaban J connectivity index is 1.72. The van der Waals surface area contributed by atoms with E-state index in [1.54, 1.807) is 30.7 Å². The first-order valence-corrected chi connectivity index (χ1v) is 8.42. The molecule has 1 aromatic heterocycles. The normalized spacial score (nSPS) is 16.7. The Bertz CT molecular complexity index is 733. The number of nitrogens with one attached hydrogen (secondary N) is 1. The molecule has 0 unspecified atom stereocenters. The second-order valence-electron chi connectivity index (χ2n) is 5.62. The molecule has 1 saturated heterocycles. The Morgan fingerprint density at radius 1 is 1.28 bits per heavy atom. The predicted molar refractivity (Wildman–Crippen MR) is 96.6 cm³/mol. The third-order valence-electron chi connectivity index (χ3n) is 3.92. The van der Waals surface area contributed by atoms with E-state index >= 15 is 0 Å². The molecule has 1 fully saturated rings. The summed E-state index contributed by atoms with van der Waals surface area (Å²) in [5, 5.41) is 4.69. The number of nitrogens with zero attached hydrogens (tertiary/aromatic N) is 3. The van der Waals surface area contributed by atoms with E-state index in [-0.39, 0.29) is 5.91 Å². The number of carbonyl (C=O) groups excluding carboxylic acids is 1. The second kappa shape index (κ2) is 8.71. The highest BCUT2D eigenvalue weighted by atomic mass is 35.5. The molecule has 0 saturated carbocycles. The van der Waals surface area contributed by atoms with Gasteiger partial charge < -0.3 is 4.74 Å². The van der Waals surface area contributed by atoms with E-state index in [2.05, 4.69) is 20.4 Å². The fourth-order valence-corrected chi connectivity index (χ4v) is 2.93. The quantitative estimate of drug-likeness (QED) is 0.657. The molecule has 0 radical (unpaired) electrons. The molecule has 1 aliphatic heterocycles. The summed E-state index contributed by atoms with van der Waals surface area (Å²) in [5.41, 5.74) is 4.33. The Morgan fingerprint density at radius 3 is 2.76 bits per heavy atom. The number of carbonyl (C=O) groups is 1. The van der Waals surface area contributed by atoms with Gasteiger partial charge in [0.2, 0.25) is 0 Å². The monoisotopic (exact) mass is 358 g/mol. The lowest BCUT2D eigenvalue weighted by molar-refractivity contribution is -0.128. The van der Waals surface area contributed by atoms with Crippen molar-refractivity contribution in [3.8, 4) is 0 Å². The minimum absolute atomic E-state index is 0.189. The van der Waals surface area contributed by atoms with Crippen LogP contribution in [0.1, 0.15) is 17.2 Å². The lowest BCUT2D eigenvalue weighted by Gasteiger charge is -2.33. The van der Waals surface area contributed by atoms with Crippen molar-refractivity contribution in [1.29, 1.82) is 0 Å². The van der Waals surface area contributed by atoms with Crippen LogP contribution in [0.15, 0.2) is 53.9 Å². The van der Waals surface area contributed by atoms with Crippen LogP contribution in [0.25, 0.3) is 0 Å². The zero-order chi connectivity index (χ0) is 17.5. The molecule has 1 aromatic carbocycles. The fraction of sp³-hybridized carbons (Fsp3) is 0.278. The highest BCUT2D eigenvalue weighted by molar-refractivity contribution is 6.30. The van der Waals surface area contributed by atoms with E-state index in [4.69, 9.17) is 16.3 Å². The van der Waals surface area contributed by atoms with Gasteiger partial charge >= 0.3 is 0 Å². The minimum Gasteiger partial charge on any atom is -0.379 e. The summed E-state index contributed by atoms with van der Waals surface area (Å²) in [7, 11) is 0. The van der Waals surface area contributed by atoms with E-state index in [1.807, 2.05) is 24.3 Å². The molecular formula is C18H19ClN4O2. The van der Waals surface area contributed by atoms with Crippen molar-refractivity contribution in [2.45, 2.75) is 6.04 Å². The molecule has 7 heteroatoms.